The molecule has 0 amide bonds. The molecule has 94 valence electrons. The van der Waals surface area contributed by atoms with Gasteiger partial charge in [-0.05, 0) is 45.2 Å². The molecule has 0 radical (unpaired) electrons. The molecule has 3 heteroatoms. The molecule has 0 bridgehead atoms. The molecule has 17 heavy (non-hydrogen) atoms. The SMILES string of the molecule is CC(=O)c1cc(C)ccc1OCCCCCBr. The largest absolute Gasteiger partial charge is 0.493 e. The van der Waals surface area contributed by atoms with Crippen molar-refractivity contribution >= 4 is 21.7 Å². The molecule has 0 saturated carbocycles. The number of benzene rings is 1. The van der Waals surface area contributed by atoms with Crippen LogP contribution in [-0.2, 0) is 0 Å². The Bertz CT molecular complexity index is 374. The lowest BCUT2D eigenvalue weighted by atomic mass is 10.1. The van der Waals surface area contributed by atoms with E-state index in [2.05, 4.69) is 15.9 Å². The van der Waals surface area contributed by atoms with E-state index in [1.165, 1.54) is 0 Å². The number of aryl methyl sites for hydroxylation is 1. The highest BCUT2D eigenvalue weighted by Gasteiger charge is 2.08. The molecule has 0 unspecified atom stereocenters. The lowest BCUT2D eigenvalue weighted by Gasteiger charge is -2.10. The Morgan fingerprint density at radius 1 is 1.29 bits per heavy atom. The van der Waals surface area contributed by atoms with Gasteiger partial charge in [0.2, 0.25) is 0 Å². The summed E-state index contributed by atoms with van der Waals surface area (Å²) in [5.41, 5.74) is 1.77. The highest BCUT2D eigenvalue weighted by Crippen LogP contribution is 2.21. The molecular formula is C14H19BrO2. The standard InChI is InChI=1S/C14H19BrO2/c1-11-6-7-14(13(10-11)12(2)16)17-9-5-3-4-8-15/h6-7,10H,3-5,8-9H2,1-2H3. The molecule has 0 fully saturated rings. The summed E-state index contributed by atoms with van der Waals surface area (Å²) in [6.07, 6.45) is 3.33. The summed E-state index contributed by atoms with van der Waals surface area (Å²) in [4.78, 5) is 11.5. The fraction of sp³-hybridized carbons (Fsp3) is 0.500. The second-order valence-electron chi connectivity index (χ2n) is 4.15. The summed E-state index contributed by atoms with van der Waals surface area (Å²) in [5.74, 6) is 0.770. The van der Waals surface area contributed by atoms with Crippen molar-refractivity contribution in [2.45, 2.75) is 33.1 Å². The minimum atomic E-state index is 0.0594. The fourth-order valence-corrected chi connectivity index (χ4v) is 2.00. The normalized spacial score (nSPS) is 10.3. The van der Waals surface area contributed by atoms with E-state index >= 15 is 0 Å². The lowest BCUT2D eigenvalue weighted by Crippen LogP contribution is -2.03. The van der Waals surface area contributed by atoms with Gasteiger partial charge in [0, 0.05) is 5.33 Å². The number of halogens is 1. The van der Waals surface area contributed by atoms with Crippen LogP contribution in [0.3, 0.4) is 0 Å². The Hall–Kier alpha value is -0.830. The first kappa shape index (κ1) is 14.2. The molecule has 0 aliphatic rings. The highest BCUT2D eigenvalue weighted by atomic mass is 79.9. The Balaban J connectivity index is 2.55. The van der Waals surface area contributed by atoms with E-state index in [1.54, 1.807) is 6.92 Å². The predicted octanol–water partition coefficient (Wildman–Crippen LogP) is 4.14. The van der Waals surface area contributed by atoms with Crippen molar-refractivity contribution in [2.75, 3.05) is 11.9 Å². The first-order valence-electron chi connectivity index (χ1n) is 5.95. The maximum absolute atomic E-state index is 11.5. The van der Waals surface area contributed by atoms with E-state index in [-0.39, 0.29) is 5.78 Å². The zero-order valence-corrected chi connectivity index (χ0v) is 12.0. The van der Waals surface area contributed by atoms with Gasteiger partial charge in [0.15, 0.2) is 5.78 Å². The van der Waals surface area contributed by atoms with Crippen LogP contribution in [0.2, 0.25) is 0 Å². The average Bonchev–Trinajstić information content (AvgIpc) is 2.30. The van der Waals surface area contributed by atoms with E-state index in [0.29, 0.717) is 17.9 Å². The zero-order valence-electron chi connectivity index (χ0n) is 10.5. The third kappa shape index (κ3) is 4.90. The number of hydrogen-bond acceptors (Lipinski definition) is 2. The van der Waals surface area contributed by atoms with Crippen molar-refractivity contribution in [3.63, 3.8) is 0 Å². The second kappa shape index (κ2) is 7.49. The number of rotatable bonds is 7. The van der Waals surface area contributed by atoms with Crippen molar-refractivity contribution in [1.82, 2.24) is 0 Å². The molecule has 1 aromatic carbocycles. The minimum Gasteiger partial charge on any atom is -0.493 e. The highest BCUT2D eigenvalue weighted by molar-refractivity contribution is 9.09. The van der Waals surface area contributed by atoms with Gasteiger partial charge >= 0.3 is 0 Å². The zero-order chi connectivity index (χ0) is 12.7. The molecule has 0 atom stereocenters. The molecule has 1 rings (SSSR count). The van der Waals surface area contributed by atoms with Crippen LogP contribution >= 0.6 is 15.9 Å². The van der Waals surface area contributed by atoms with Gasteiger partial charge in [-0.2, -0.15) is 0 Å². The lowest BCUT2D eigenvalue weighted by molar-refractivity contribution is 0.101. The first-order chi connectivity index (χ1) is 8.15. The van der Waals surface area contributed by atoms with Crippen molar-refractivity contribution in [1.29, 1.82) is 0 Å². The quantitative estimate of drug-likeness (QED) is 0.429. The van der Waals surface area contributed by atoms with Gasteiger partial charge in [0.05, 0.1) is 12.2 Å². The monoisotopic (exact) mass is 298 g/mol. The van der Waals surface area contributed by atoms with E-state index in [0.717, 1.165) is 30.2 Å². The van der Waals surface area contributed by atoms with Crippen molar-refractivity contribution in [2.24, 2.45) is 0 Å². The number of Topliss-reactive ketones (excluding diaryl/α,β-unsaturated/α-hetero) is 1. The van der Waals surface area contributed by atoms with Gasteiger partial charge in [0.1, 0.15) is 5.75 Å². The van der Waals surface area contributed by atoms with Crippen LogP contribution in [0.1, 0.15) is 42.1 Å². The van der Waals surface area contributed by atoms with Crippen LogP contribution < -0.4 is 4.74 Å². The molecule has 0 aliphatic carbocycles. The smallest absolute Gasteiger partial charge is 0.163 e. The third-order valence-electron chi connectivity index (χ3n) is 2.55. The van der Waals surface area contributed by atoms with E-state index in [9.17, 15) is 4.79 Å². The van der Waals surface area contributed by atoms with Crippen molar-refractivity contribution < 1.29 is 9.53 Å². The van der Waals surface area contributed by atoms with Crippen LogP contribution in [0.25, 0.3) is 0 Å². The van der Waals surface area contributed by atoms with Crippen molar-refractivity contribution in [3.05, 3.63) is 29.3 Å². The van der Waals surface area contributed by atoms with Gasteiger partial charge in [-0.15, -0.1) is 0 Å². The number of carbonyl (C=O) groups excluding carboxylic acids is 1. The molecular weight excluding hydrogens is 280 g/mol. The maximum Gasteiger partial charge on any atom is 0.163 e. The summed E-state index contributed by atoms with van der Waals surface area (Å²) >= 11 is 3.40. The van der Waals surface area contributed by atoms with Gasteiger partial charge < -0.3 is 4.74 Å². The summed E-state index contributed by atoms with van der Waals surface area (Å²) in [5, 5.41) is 1.04. The summed E-state index contributed by atoms with van der Waals surface area (Å²) in [6.45, 7) is 4.23. The number of hydrogen-bond donors (Lipinski definition) is 0. The van der Waals surface area contributed by atoms with Gasteiger partial charge in [0.25, 0.3) is 0 Å². The van der Waals surface area contributed by atoms with Gasteiger partial charge in [-0.25, -0.2) is 0 Å². The fourth-order valence-electron chi connectivity index (χ4n) is 1.60. The van der Waals surface area contributed by atoms with Crippen LogP contribution in [0, 0.1) is 6.92 Å². The number of carbonyl (C=O) groups is 1. The molecule has 1 aromatic rings. The molecule has 0 saturated heterocycles. The summed E-state index contributed by atoms with van der Waals surface area (Å²) < 4.78 is 5.66. The van der Waals surface area contributed by atoms with Gasteiger partial charge in [-0.3, -0.25) is 4.79 Å². The van der Waals surface area contributed by atoms with E-state index in [4.69, 9.17) is 4.74 Å². The third-order valence-corrected chi connectivity index (χ3v) is 3.11. The molecule has 0 N–H and O–H groups in total. The van der Waals surface area contributed by atoms with E-state index < -0.39 is 0 Å². The Morgan fingerprint density at radius 2 is 2.06 bits per heavy atom. The first-order valence-corrected chi connectivity index (χ1v) is 7.07. The molecule has 0 aromatic heterocycles. The maximum atomic E-state index is 11.5. The molecule has 0 spiro atoms. The Morgan fingerprint density at radius 3 is 2.71 bits per heavy atom. The molecule has 0 aliphatic heterocycles. The summed E-state index contributed by atoms with van der Waals surface area (Å²) in [7, 11) is 0. The molecule has 2 nitrogen and oxygen atoms in total. The minimum absolute atomic E-state index is 0.0594. The Kier molecular flexibility index (Phi) is 6.27. The van der Waals surface area contributed by atoms with Crippen LogP contribution in [-0.4, -0.2) is 17.7 Å². The second-order valence-corrected chi connectivity index (χ2v) is 4.95. The van der Waals surface area contributed by atoms with Crippen LogP contribution in [0.5, 0.6) is 5.75 Å². The van der Waals surface area contributed by atoms with Crippen LogP contribution in [0.15, 0.2) is 18.2 Å². The number of ether oxygens (including phenoxy) is 1. The molecule has 0 heterocycles. The average molecular weight is 299 g/mol. The number of alkyl halides is 1. The van der Waals surface area contributed by atoms with E-state index in [1.807, 2.05) is 25.1 Å². The summed E-state index contributed by atoms with van der Waals surface area (Å²) in [6, 6.07) is 5.74. The van der Waals surface area contributed by atoms with Crippen LogP contribution in [0.4, 0.5) is 0 Å². The number of ketones is 1. The van der Waals surface area contributed by atoms with Crippen molar-refractivity contribution in [3.8, 4) is 5.75 Å². The van der Waals surface area contributed by atoms with Gasteiger partial charge in [-0.1, -0.05) is 27.6 Å². The predicted molar refractivity (Wildman–Crippen MR) is 74.3 cm³/mol. The topological polar surface area (TPSA) is 26.3 Å². The number of unbranched alkanes of at least 4 members (excludes halogenated alkanes) is 2. The Labute approximate surface area is 111 Å².